The summed E-state index contributed by atoms with van der Waals surface area (Å²) >= 11 is 0. The van der Waals surface area contributed by atoms with Crippen LogP contribution in [-0.4, -0.2) is 36.0 Å². The molecule has 1 amide bonds. The Hall–Kier alpha value is -1.87. The van der Waals surface area contributed by atoms with Gasteiger partial charge in [0.25, 0.3) is 5.91 Å². The molecular formula is C12H19N3O5S. The molecule has 21 heavy (non-hydrogen) atoms. The molecule has 2 atom stereocenters. The highest BCUT2D eigenvalue weighted by molar-refractivity contribution is 7.89. The van der Waals surface area contributed by atoms with Crippen molar-refractivity contribution in [2.24, 2.45) is 18.7 Å². The zero-order chi connectivity index (χ0) is 16.4. The van der Waals surface area contributed by atoms with Crippen molar-refractivity contribution >= 4 is 21.9 Å². The average molecular weight is 317 g/mol. The number of nitrogens with zero attached hydrogens (tertiary/aromatic N) is 1. The average Bonchev–Trinajstić information content (AvgIpc) is 2.78. The van der Waals surface area contributed by atoms with Gasteiger partial charge >= 0.3 is 5.97 Å². The fourth-order valence-corrected chi connectivity index (χ4v) is 3.17. The van der Waals surface area contributed by atoms with Crippen molar-refractivity contribution in [3.63, 3.8) is 0 Å². The Bertz CT molecular complexity index is 650. The number of nitrogens with two attached hydrogens (primary N) is 1. The summed E-state index contributed by atoms with van der Waals surface area (Å²) in [5.74, 6) is -2.40. The van der Waals surface area contributed by atoms with E-state index < -0.39 is 27.9 Å². The van der Waals surface area contributed by atoms with E-state index in [-0.39, 0.29) is 16.5 Å². The van der Waals surface area contributed by atoms with Crippen molar-refractivity contribution in [2.45, 2.75) is 31.2 Å². The third-order valence-electron chi connectivity index (χ3n) is 3.30. The van der Waals surface area contributed by atoms with Gasteiger partial charge in [-0.05, 0) is 12.0 Å². The van der Waals surface area contributed by atoms with Crippen LogP contribution in [0.5, 0.6) is 0 Å². The zero-order valence-electron chi connectivity index (χ0n) is 12.0. The van der Waals surface area contributed by atoms with Gasteiger partial charge in [-0.3, -0.25) is 9.59 Å². The molecule has 1 heterocycles. The van der Waals surface area contributed by atoms with Crippen LogP contribution in [0.2, 0.25) is 0 Å². The van der Waals surface area contributed by atoms with Gasteiger partial charge in [-0.15, -0.1) is 0 Å². The van der Waals surface area contributed by atoms with E-state index in [9.17, 15) is 18.0 Å². The van der Waals surface area contributed by atoms with Crippen molar-refractivity contribution in [1.29, 1.82) is 0 Å². The molecular weight excluding hydrogens is 298 g/mol. The SMILES string of the molecule is CCC(C)C(NS(=O)(=O)c1cc(C(N)=O)n(C)c1)C(=O)O. The van der Waals surface area contributed by atoms with Crippen LogP contribution in [0.15, 0.2) is 17.2 Å². The number of primary amides is 1. The molecule has 118 valence electrons. The maximum absolute atomic E-state index is 12.2. The zero-order valence-corrected chi connectivity index (χ0v) is 12.8. The molecule has 4 N–H and O–H groups in total. The molecule has 0 fully saturated rings. The number of aromatic nitrogens is 1. The number of carbonyl (C=O) groups is 2. The van der Waals surface area contributed by atoms with E-state index in [0.717, 1.165) is 6.07 Å². The molecule has 0 aliphatic heterocycles. The Morgan fingerprint density at radius 1 is 1.48 bits per heavy atom. The minimum Gasteiger partial charge on any atom is -0.480 e. The van der Waals surface area contributed by atoms with Crippen LogP contribution in [0.4, 0.5) is 0 Å². The first kappa shape index (κ1) is 17.2. The summed E-state index contributed by atoms with van der Waals surface area (Å²) in [7, 11) is -2.58. The van der Waals surface area contributed by atoms with Gasteiger partial charge in [0.15, 0.2) is 0 Å². The highest BCUT2D eigenvalue weighted by Crippen LogP contribution is 2.16. The second-order valence-electron chi connectivity index (χ2n) is 4.86. The molecule has 9 heteroatoms. The second-order valence-corrected chi connectivity index (χ2v) is 6.57. The Morgan fingerprint density at radius 2 is 2.05 bits per heavy atom. The van der Waals surface area contributed by atoms with Crippen LogP contribution in [0.1, 0.15) is 30.8 Å². The Morgan fingerprint density at radius 3 is 2.43 bits per heavy atom. The molecule has 0 aromatic carbocycles. The molecule has 1 aromatic heterocycles. The third kappa shape index (κ3) is 3.82. The van der Waals surface area contributed by atoms with E-state index in [1.165, 1.54) is 17.8 Å². The molecule has 0 aliphatic carbocycles. The lowest BCUT2D eigenvalue weighted by Crippen LogP contribution is -2.44. The lowest BCUT2D eigenvalue weighted by Gasteiger charge is -2.19. The van der Waals surface area contributed by atoms with Gasteiger partial charge in [0.1, 0.15) is 16.6 Å². The van der Waals surface area contributed by atoms with Crippen LogP contribution in [-0.2, 0) is 21.9 Å². The number of rotatable bonds is 7. The summed E-state index contributed by atoms with van der Waals surface area (Å²) in [6.45, 7) is 3.41. The molecule has 1 aromatic rings. The van der Waals surface area contributed by atoms with E-state index in [2.05, 4.69) is 4.72 Å². The third-order valence-corrected chi connectivity index (χ3v) is 4.71. The molecule has 0 saturated carbocycles. The normalized spacial score (nSPS) is 14.6. The number of hydrogen-bond donors (Lipinski definition) is 3. The molecule has 1 rings (SSSR count). The number of amides is 1. The lowest BCUT2D eigenvalue weighted by atomic mass is 10.0. The van der Waals surface area contributed by atoms with Crippen molar-refractivity contribution in [2.75, 3.05) is 0 Å². The minimum atomic E-state index is -4.05. The first-order valence-electron chi connectivity index (χ1n) is 6.31. The van der Waals surface area contributed by atoms with Crippen LogP contribution < -0.4 is 10.5 Å². The molecule has 0 saturated heterocycles. The fraction of sp³-hybridized carbons (Fsp3) is 0.500. The van der Waals surface area contributed by atoms with Gasteiger partial charge in [-0.2, -0.15) is 4.72 Å². The number of hydrogen-bond acceptors (Lipinski definition) is 4. The first-order valence-corrected chi connectivity index (χ1v) is 7.79. The number of carboxylic acid groups (broad SMARTS) is 1. The summed E-state index contributed by atoms with van der Waals surface area (Å²) in [5.41, 5.74) is 5.14. The number of sulfonamides is 1. The highest BCUT2D eigenvalue weighted by Gasteiger charge is 2.30. The maximum Gasteiger partial charge on any atom is 0.322 e. The smallest absolute Gasteiger partial charge is 0.322 e. The molecule has 0 bridgehead atoms. The van der Waals surface area contributed by atoms with Crippen molar-refractivity contribution in [3.8, 4) is 0 Å². The van der Waals surface area contributed by atoms with Gasteiger partial charge in [0.05, 0.1) is 0 Å². The lowest BCUT2D eigenvalue weighted by molar-refractivity contribution is -0.140. The summed E-state index contributed by atoms with van der Waals surface area (Å²) in [4.78, 5) is 22.1. The molecule has 8 nitrogen and oxygen atoms in total. The number of carbonyl (C=O) groups excluding carboxylic acids is 1. The largest absolute Gasteiger partial charge is 0.480 e. The van der Waals surface area contributed by atoms with E-state index in [1.54, 1.807) is 13.8 Å². The summed E-state index contributed by atoms with van der Waals surface area (Å²) in [5, 5.41) is 9.13. The van der Waals surface area contributed by atoms with Gasteiger partial charge in [0.2, 0.25) is 10.0 Å². The van der Waals surface area contributed by atoms with Gasteiger partial charge in [-0.1, -0.05) is 20.3 Å². The fourth-order valence-electron chi connectivity index (χ4n) is 1.81. The van der Waals surface area contributed by atoms with Gasteiger partial charge < -0.3 is 15.4 Å². The van der Waals surface area contributed by atoms with Crippen molar-refractivity contribution < 1.29 is 23.1 Å². The summed E-state index contributed by atoms with van der Waals surface area (Å²) in [6.07, 6.45) is 1.71. The summed E-state index contributed by atoms with van der Waals surface area (Å²) in [6, 6.07) is -0.127. The van der Waals surface area contributed by atoms with Crippen molar-refractivity contribution in [1.82, 2.24) is 9.29 Å². The van der Waals surface area contributed by atoms with Crippen LogP contribution in [0, 0.1) is 5.92 Å². The molecule has 0 radical (unpaired) electrons. The number of nitrogens with one attached hydrogen (secondary N) is 1. The standard InChI is InChI=1S/C12H19N3O5S/c1-4-7(2)10(12(17)18)14-21(19,20)8-5-9(11(13)16)15(3)6-8/h5-7,10,14H,4H2,1-3H3,(H2,13,16)(H,17,18). The molecule has 2 unspecified atom stereocenters. The van der Waals surface area contributed by atoms with Crippen LogP contribution in [0.3, 0.4) is 0 Å². The Labute approximate surface area is 123 Å². The van der Waals surface area contributed by atoms with Crippen LogP contribution in [0.25, 0.3) is 0 Å². The van der Waals surface area contributed by atoms with E-state index in [0.29, 0.717) is 6.42 Å². The molecule has 0 aliphatic rings. The Kier molecular flexibility index (Phi) is 5.13. The van der Waals surface area contributed by atoms with Crippen LogP contribution >= 0.6 is 0 Å². The quantitative estimate of drug-likeness (QED) is 0.646. The topological polar surface area (TPSA) is 131 Å². The monoisotopic (exact) mass is 317 g/mol. The number of aryl methyl sites for hydroxylation is 1. The Balaban J connectivity index is 3.13. The number of aliphatic carboxylic acids is 1. The predicted molar refractivity (Wildman–Crippen MR) is 75.1 cm³/mol. The maximum atomic E-state index is 12.2. The summed E-state index contributed by atoms with van der Waals surface area (Å²) < 4.78 is 27.9. The predicted octanol–water partition coefficient (Wildman–Crippen LogP) is -0.0984. The van der Waals surface area contributed by atoms with E-state index in [4.69, 9.17) is 10.8 Å². The highest BCUT2D eigenvalue weighted by atomic mass is 32.2. The van der Waals surface area contributed by atoms with E-state index in [1.807, 2.05) is 0 Å². The van der Waals surface area contributed by atoms with E-state index >= 15 is 0 Å². The minimum absolute atomic E-state index is 0.0192. The first-order chi connectivity index (χ1) is 9.60. The van der Waals surface area contributed by atoms with Crippen molar-refractivity contribution in [3.05, 3.63) is 18.0 Å². The van der Waals surface area contributed by atoms with Gasteiger partial charge in [-0.25, -0.2) is 8.42 Å². The number of carboxylic acids is 1. The second kappa shape index (κ2) is 6.27. The van der Waals surface area contributed by atoms with Gasteiger partial charge in [0, 0.05) is 13.2 Å². The molecule has 0 spiro atoms.